The van der Waals surface area contributed by atoms with Crippen LogP contribution in [-0.2, 0) is 19.6 Å². The van der Waals surface area contributed by atoms with E-state index < -0.39 is 0 Å². The van der Waals surface area contributed by atoms with E-state index in [0.29, 0.717) is 12.3 Å². The van der Waals surface area contributed by atoms with Gasteiger partial charge in [0.1, 0.15) is 5.75 Å². The van der Waals surface area contributed by atoms with Gasteiger partial charge < -0.3 is 5.11 Å². The minimum absolute atomic E-state index is 0.402. The summed E-state index contributed by atoms with van der Waals surface area (Å²) in [4.78, 5) is 9.12. The number of pyridine rings is 1. The van der Waals surface area contributed by atoms with Crippen LogP contribution in [0, 0.1) is 13.8 Å². The summed E-state index contributed by atoms with van der Waals surface area (Å²) in [6, 6.07) is 14.4. The van der Waals surface area contributed by atoms with E-state index >= 15 is 0 Å². The Labute approximate surface area is 147 Å². The monoisotopic (exact) mass is 338 g/mol. The highest BCUT2D eigenvalue weighted by Crippen LogP contribution is 2.25. The van der Waals surface area contributed by atoms with Crippen molar-refractivity contribution in [2.24, 2.45) is 0 Å². The van der Waals surface area contributed by atoms with Crippen LogP contribution in [0.4, 0.5) is 0 Å². The number of hydrogen-bond acceptors (Lipinski definition) is 4. The predicted octanol–water partition coefficient (Wildman–Crippen LogP) is 4.67. The lowest BCUT2D eigenvalue weighted by molar-refractivity contribution is 0.246. The number of phenols is 1. The number of aryl methyl sites for hydroxylation is 2. The van der Waals surface area contributed by atoms with E-state index in [-0.39, 0.29) is 0 Å². The summed E-state index contributed by atoms with van der Waals surface area (Å²) < 4.78 is 0. The minimum Gasteiger partial charge on any atom is -0.507 e. The number of benzene rings is 1. The molecule has 0 unspecified atom stereocenters. The third-order valence-corrected chi connectivity index (χ3v) is 5.03. The number of thiophene rings is 1. The van der Waals surface area contributed by atoms with E-state index in [2.05, 4.69) is 28.9 Å². The van der Waals surface area contributed by atoms with Gasteiger partial charge in [-0.1, -0.05) is 18.2 Å². The molecule has 0 aliphatic heterocycles. The second-order valence-corrected chi connectivity index (χ2v) is 7.47. The number of nitrogens with zero attached hydrogens (tertiary/aromatic N) is 2. The highest BCUT2D eigenvalue weighted by Gasteiger charge is 2.13. The first-order valence-corrected chi connectivity index (χ1v) is 8.87. The summed E-state index contributed by atoms with van der Waals surface area (Å²) in [6.45, 7) is 6.48. The Morgan fingerprint density at radius 1 is 0.958 bits per heavy atom. The van der Waals surface area contributed by atoms with Gasteiger partial charge in [-0.05, 0) is 49.2 Å². The van der Waals surface area contributed by atoms with Crippen LogP contribution < -0.4 is 0 Å². The van der Waals surface area contributed by atoms with Gasteiger partial charge in [0.2, 0.25) is 0 Å². The van der Waals surface area contributed by atoms with Crippen molar-refractivity contribution in [2.75, 3.05) is 0 Å². The van der Waals surface area contributed by atoms with Gasteiger partial charge in [-0.3, -0.25) is 9.88 Å². The minimum atomic E-state index is 0.402. The molecule has 0 amide bonds. The normalized spacial score (nSPS) is 11.1. The van der Waals surface area contributed by atoms with Gasteiger partial charge >= 0.3 is 0 Å². The second-order valence-electron chi connectivity index (χ2n) is 6.10. The average molecular weight is 338 g/mol. The first-order chi connectivity index (χ1) is 11.6. The Morgan fingerprint density at radius 2 is 1.75 bits per heavy atom. The topological polar surface area (TPSA) is 36.4 Å². The molecular weight excluding hydrogens is 316 g/mol. The van der Waals surface area contributed by atoms with Gasteiger partial charge in [0.15, 0.2) is 0 Å². The zero-order chi connectivity index (χ0) is 16.9. The highest BCUT2D eigenvalue weighted by atomic mass is 32.1. The van der Waals surface area contributed by atoms with Gasteiger partial charge in [-0.2, -0.15) is 0 Å². The molecule has 124 valence electrons. The predicted molar refractivity (Wildman–Crippen MR) is 99.1 cm³/mol. The number of aromatic hydroxyl groups is 1. The molecule has 2 heterocycles. The molecule has 3 nitrogen and oxygen atoms in total. The molecule has 0 fully saturated rings. The molecule has 0 bridgehead atoms. The van der Waals surface area contributed by atoms with Crippen molar-refractivity contribution in [2.45, 2.75) is 33.5 Å². The first kappa shape index (κ1) is 16.7. The Kier molecular flexibility index (Phi) is 5.28. The SMILES string of the molecule is Cc1ccc(CN(Cc2ccncc2)Cc2cccc(C)c2O)s1. The highest BCUT2D eigenvalue weighted by molar-refractivity contribution is 7.11. The zero-order valence-corrected chi connectivity index (χ0v) is 14.9. The van der Waals surface area contributed by atoms with Crippen LogP contribution in [0.25, 0.3) is 0 Å². The largest absolute Gasteiger partial charge is 0.507 e. The molecule has 0 saturated heterocycles. The van der Waals surface area contributed by atoms with Crippen molar-refractivity contribution >= 4 is 11.3 Å². The maximum absolute atomic E-state index is 10.3. The quantitative estimate of drug-likeness (QED) is 0.709. The molecule has 3 rings (SSSR count). The maximum Gasteiger partial charge on any atom is 0.122 e. The maximum atomic E-state index is 10.3. The molecule has 0 atom stereocenters. The molecule has 24 heavy (non-hydrogen) atoms. The summed E-state index contributed by atoms with van der Waals surface area (Å²) in [5.74, 6) is 0.402. The molecule has 0 saturated carbocycles. The van der Waals surface area contributed by atoms with E-state index in [9.17, 15) is 5.11 Å². The molecule has 0 aliphatic carbocycles. The number of rotatable bonds is 6. The van der Waals surface area contributed by atoms with E-state index in [1.54, 1.807) is 0 Å². The van der Waals surface area contributed by atoms with Crippen LogP contribution in [0.3, 0.4) is 0 Å². The standard InChI is InChI=1S/C20H22N2OS/c1-15-4-3-5-18(20(15)23)13-22(12-17-8-10-21-11-9-17)14-19-7-6-16(2)24-19/h3-11,23H,12-14H2,1-2H3. The van der Waals surface area contributed by atoms with E-state index in [1.165, 1.54) is 15.3 Å². The number of hydrogen-bond donors (Lipinski definition) is 1. The van der Waals surface area contributed by atoms with E-state index in [0.717, 1.165) is 24.2 Å². The number of aromatic nitrogens is 1. The van der Waals surface area contributed by atoms with E-state index in [1.807, 2.05) is 61.0 Å². The molecule has 0 aliphatic rings. The Bertz CT molecular complexity index is 798. The fourth-order valence-corrected chi connectivity index (χ4v) is 3.73. The van der Waals surface area contributed by atoms with Crippen LogP contribution >= 0.6 is 11.3 Å². The van der Waals surface area contributed by atoms with Crippen LogP contribution in [0.2, 0.25) is 0 Å². The van der Waals surface area contributed by atoms with Crippen molar-refractivity contribution in [3.05, 3.63) is 81.3 Å². The fourth-order valence-electron chi connectivity index (χ4n) is 2.79. The van der Waals surface area contributed by atoms with E-state index in [4.69, 9.17) is 0 Å². The second kappa shape index (κ2) is 7.60. The lowest BCUT2D eigenvalue weighted by Crippen LogP contribution is -2.22. The Morgan fingerprint density at radius 3 is 2.46 bits per heavy atom. The molecule has 0 spiro atoms. The first-order valence-electron chi connectivity index (χ1n) is 8.06. The summed E-state index contributed by atoms with van der Waals surface area (Å²) in [5, 5.41) is 10.3. The average Bonchev–Trinajstić information content (AvgIpc) is 2.98. The smallest absolute Gasteiger partial charge is 0.122 e. The Hall–Kier alpha value is -2.17. The zero-order valence-electron chi connectivity index (χ0n) is 14.1. The van der Waals surface area contributed by atoms with Crippen molar-refractivity contribution in [1.82, 2.24) is 9.88 Å². The lowest BCUT2D eigenvalue weighted by atomic mass is 10.1. The van der Waals surface area contributed by atoms with Gasteiger partial charge in [0, 0.05) is 47.3 Å². The van der Waals surface area contributed by atoms with Crippen molar-refractivity contribution in [3.8, 4) is 5.75 Å². The number of para-hydroxylation sites is 1. The van der Waals surface area contributed by atoms with Crippen LogP contribution in [0.1, 0.15) is 26.4 Å². The van der Waals surface area contributed by atoms with Crippen LogP contribution in [-0.4, -0.2) is 15.0 Å². The third kappa shape index (κ3) is 4.22. The molecule has 1 aromatic carbocycles. The number of phenolic OH excluding ortho intramolecular Hbond substituents is 1. The molecule has 1 N–H and O–H groups in total. The van der Waals surface area contributed by atoms with Crippen LogP contribution in [0.5, 0.6) is 5.75 Å². The molecule has 3 aromatic rings. The van der Waals surface area contributed by atoms with Gasteiger partial charge in [0.05, 0.1) is 0 Å². The summed E-state index contributed by atoms with van der Waals surface area (Å²) in [6.07, 6.45) is 3.65. The summed E-state index contributed by atoms with van der Waals surface area (Å²) in [5.41, 5.74) is 3.12. The van der Waals surface area contributed by atoms with Crippen molar-refractivity contribution in [3.63, 3.8) is 0 Å². The summed E-state index contributed by atoms with van der Waals surface area (Å²) >= 11 is 1.83. The van der Waals surface area contributed by atoms with Crippen LogP contribution in [0.15, 0.2) is 54.9 Å². The summed E-state index contributed by atoms with van der Waals surface area (Å²) in [7, 11) is 0. The molecular formula is C20H22N2OS. The van der Waals surface area contributed by atoms with Gasteiger partial charge in [-0.25, -0.2) is 0 Å². The van der Waals surface area contributed by atoms with Crippen molar-refractivity contribution < 1.29 is 5.11 Å². The van der Waals surface area contributed by atoms with Gasteiger partial charge in [-0.15, -0.1) is 11.3 Å². The molecule has 4 heteroatoms. The molecule has 0 radical (unpaired) electrons. The third-order valence-electron chi connectivity index (χ3n) is 4.05. The van der Waals surface area contributed by atoms with Gasteiger partial charge in [0.25, 0.3) is 0 Å². The molecule has 2 aromatic heterocycles. The lowest BCUT2D eigenvalue weighted by Gasteiger charge is -2.23. The van der Waals surface area contributed by atoms with Crippen molar-refractivity contribution in [1.29, 1.82) is 0 Å². The fraction of sp³-hybridized carbons (Fsp3) is 0.250. The Balaban J connectivity index is 1.82.